The summed E-state index contributed by atoms with van der Waals surface area (Å²) < 4.78 is 5.18. The third-order valence-corrected chi connectivity index (χ3v) is 3.98. The topological polar surface area (TPSA) is 41.5 Å². The van der Waals surface area contributed by atoms with Crippen LogP contribution >= 0.6 is 0 Å². The minimum absolute atomic E-state index is 0.0285. The average Bonchev–Trinajstić information content (AvgIpc) is 2.54. The zero-order chi connectivity index (χ0) is 15.3. The lowest BCUT2D eigenvalue weighted by molar-refractivity contribution is 0.172. The molecule has 0 saturated heterocycles. The van der Waals surface area contributed by atoms with Gasteiger partial charge in [-0.2, -0.15) is 0 Å². The first kappa shape index (κ1) is 15.4. The van der Waals surface area contributed by atoms with Crippen molar-refractivity contribution in [2.45, 2.75) is 19.4 Å². The van der Waals surface area contributed by atoms with E-state index in [0.717, 1.165) is 17.0 Å². The Morgan fingerprint density at radius 3 is 2.14 bits per heavy atom. The molecule has 0 aliphatic rings. The number of benzene rings is 2. The highest BCUT2D eigenvalue weighted by atomic mass is 16.5. The third-order valence-electron chi connectivity index (χ3n) is 3.98. The number of nitrogens with one attached hydrogen (secondary N) is 1. The molecule has 0 amide bonds. The molecule has 3 nitrogen and oxygen atoms in total. The van der Waals surface area contributed by atoms with Crippen molar-refractivity contribution in [2.24, 2.45) is 5.92 Å². The largest absolute Gasteiger partial charge is 0.497 e. The van der Waals surface area contributed by atoms with E-state index in [-0.39, 0.29) is 12.5 Å². The van der Waals surface area contributed by atoms with Crippen LogP contribution in [0.1, 0.15) is 19.4 Å². The Bertz CT molecular complexity index is 551. The standard InChI is InChI=1S/C18H23NO2/c1-14(2)18(13-20,15-7-5-4-6-8-15)19-16-9-11-17(21-3)12-10-16/h4-12,14,19-20H,13H2,1-3H3. The molecule has 2 rings (SSSR count). The quantitative estimate of drug-likeness (QED) is 0.851. The summed E-state index contributed by atoms with van der Waals surface area (Å²) in [6, 6.07) is 17.8. The average molecular weight is 285 g/mol. The van der Waals surface area contributed by atoms with Crippen molar-refractivity contribution in [2.75, 3.05) is 19.0 Å². The van der Waals surface area contributed by atoms with Gasteiger partial charge in [0.15, 0.2) is 0 Å². The van der Waals surface area contributed by atoms with Crippen LogP contribution in [0.2, 0.25) is 0 Å². The normalized spacial score (nSPS) is 13.8. The zero-order valence-electron chi connectivity index (χ0n) is 12.8. The molecular formula is C18H23NO2. The number of aliphatic hydroxyl groups excluding tert-OH is 1. The van der Waals surface area contributed by atoms with Crippen LogP contribution in [0.5, 0.6) is 5.75 Å². The minimum atomic E-state index is -0.504. The molecule has 0 aliphatic carbocycles. The van der Waals surface area contributed by atoms with Gasteiger partial charge in [0.05, 0.1) is 19.3 Å². The van der Waals surface area contributed by atoms with Crippen LogP contribution in [0.15, 0.2) is 54.6 Å². The summed E-state index contributed by atoms with van der Waals surface area (Å²) in [7, 11) is 1.65. The van der Waals surface area contributed by atoms with E-state index in [4.69, 9.17) is 4.74 Å². The van der Waals surface area contributed by atoms with Crippen LogP contribution in [-0.2, 0) is 5.54 Å². The second-order valence-corrected chi connectivity index (χ2v) is 5.50. The van der Waals surface area contributed by atoms with Gasteiger partial charge in [0.2, 0.25) is 0 Å². The van der Waals surface area contributed by atoms with Crippen molar-refractivity contribution >= 4 is 5.69 Å². The van der Waals surface area contributed by atoms with Gasteiger partial charge < -0.3 is 15.2 Å². The fraction of sp³-hybridized carbons (Fsp3) is 0.333. The van der Waals surface area contributed by atoms with Crippen molar-refractivity contribution in [1.29, 1.82) is 0 Å². The molecule has 0 radical (unpaired) electrons. The molecule has 0 saturated carbocycles. The van der Waals surface area contributed by atoms with E-state index < -0.39 is 5.54 Å². The molecule has 0 aromatic heterocycles. The maximum atomic E-state index is 10.1. The molecule has 0 fully saturated rings. The molecule has 1 unspecified atom stereocenters. The summed E-state index contributed by atoms with van der Waals surface area (Å²) in [6.45, 7) is 4.25. The highest BCUT2D eigenvalue weighted by molar-refractivity contribution is 5.50. The van der Waals surface area contributed by atoms with E-state index in [1.807, 2.05) is 54.6 Å². The van der Waals surface area contributed by atoms with Crippen molar-refractivity contribution in [1.82, 2.24) is 0 Å². The number of hydrogen-bond donors (Lipinski definition) is 2. The first-order valence-electron chi connectivity index (χ1n) is 7.21. The van der Waals surface area contributed by atoms with Crippen LogP contribution in [0, 0.1) is 5.92 Å². The van der Waals surface area contributed by atoms with Crippen molar-refractivity contribution in [3.05, 3.63) is 60.2 Å². The Kier molecular flexibility index (Phi) is 4.86. The number of aliphatic hydroxyl groups is 1. The number of rotatable bonds is 6. The van der Waals surface area contributed by atoms with Crippen LogP contribution in [0.25, 0.3) is 0 Å². The van der Waals surface area contributed by atoms with E-state index >= 15 is 0 Å². The Morgan fingerprint density at radius 2 is 1.67 bits per heavy atom. The second kappa shape index (κ2) is 6.64. The van der Waals surface area contributed by atoms with Gasteiger partial charge in [-0.05, 0) is 35.7 Å². The van der Waals surface area contributed by atoms with Crippen molar-refractivity contribution in [3.63, 3.8) is 0 Å². The van der Waals surface area contributed by atoms with Gasteiger partial charge in [0.25, 0.3) is 0 Å². The molecule has 2 N–H and O–H groups in total. The third kappa shape index (κ3) is 3.19. The number of methoxy groups -OCH3 is 1. The van der Waals surface area contributed by atoms with Gasteiger partial charge in [0.1, 0.15) is 5.75 Å². The Hall–Kier alpha value is -2.00. The highest BCUT2D eigenvalue weighted by Gasteiger charge is 2.35. The predicted octanol–water partition coefficient (Wildman–Crippen LogP) is 3.65. The molecule has 0 spiro atoms. The molecule has 2 aromatic carbocycles. The lowest BCUT2D eigenvalue weighted by atomic mass is 9.80. The van der Waals surface area contributed by atoms with E-state index in [1.54, 1.807) is 7.11 Å². The van der Waals surface area contributed by atoms with E-state index in [2.05, 4.69) is 19.2 Å². The maximum Gasteiger partial charge on any atom is 0.119 e. The van der Waals surface area contributed by atoms with Gasteiger partial charge >= 0.3 is 0 Å². The van der Waals surface area contributed by atoms with E-state index in [9.17, 15) is 5.11 Å². The molecule has 0 heterocycles. The predicted molar refractivity (Wildman–Crippen MR) is 86.7 cm³/mol. The van der Waals surface area contributed by atoms with Gasteiger partial charge in [-0.15, -0.1) is 0 Å². The van der Waals surface area contributed by atoms with Gasteiger partial charge in [-0.3, -0.25) is 0 Å². The molecule has 0 bridgehead atoms. The first-order valence-corrected chi connectivity index (χ1v) is 7.21. The smallest absolute Gasteiger partial charge is 0.119 e. The Balaban J connectivity index is 2.36. The lowest BCUT2D eigenvalue weighted by Crippen LogP contribution is -2.44. The van der Waals surface area contributed by atoms with Crippen molar-refractivity contribution in [3.8, 4) is 5.75 Å². The molecule has 0 aliphatic heterocycles. The van der Waals surface area contributed by atoms with Crippen LogP contribution in [-0.4, -0.2) is 18.8 Å². The van der Waals surface area contributed by atoms with E-state index in [1.165, 1.54) is 0 Å². The molecule has 2 aromatic rings. The summed E-state index contributed by atoms with van der Waals surface area (Å²) in [4.78, 5) is 0. The fourth-order valence-electron chi connectivity index (χ4n) is 2.53. The molecule has 1 atom stereocenters. The minimum Gasteiger partial charge on any atom is -0.497 e. The lowest BCUT2D eigenvalue weighted by Gasteiger charge is -2.38. The summed E-state index contributed by atoms with van der Waals surface area (Å²) in [6.07, 6.45) is 0. The summed E-state index contributed by atoms with van der Waals surface area (Å²) in [5.74, 6) is 1.05. The van der Waals surface area contributed by atoms with Gasteiger partial charge in [0, 0.05) is 5.69 Å². The van der Waals surface area contributed by atoms with Gasteiger partial charge in [-0.25, -0.2) is 0 Å². The summed E-state index contributed by atoms with van der Waals surface area (Å²) in [5, 5.41) is 13.6. The first-order chi connectivity index (χ1) is 10.1. The number of anilines is 1. The van der Waals surface area contributed by atoms with E-state index in [0.29, 0.717) is 0 Å². The monoisotopic (exact) mass is 285 g/mol. The Labute approximate surface area is 126 Å². The fourth-order valence-corrected chi connectivity index (χ4v) is 2.53. The Morgan fingerprint density at radius 1 is 1.05 bits per heavy atom. The SMILES string of the molecule is COc1ccc(NC(CO)(c2ccccc2)C(C)C)cc1. The molecule has 21 heavy (non-hydrogen) atoms. The van der Waals surface area contributed by atoms with Gasteiger partial charge in [-0.1, -0.05) is 44.2 Å². The van der Waals surface area contributed by atoms with Crippen LogP contribution in [0.3, 0.4) is 0 Å². The molecule has 112 valence electrons. The molecule has 3 heteroatoms. The molecular weight excluding hydrogens is 262 g/mol. The summed E-state index contributed by atoms with van der Waals surface area (Å²) in [5.41, 5.74) is 1.54. The second-order valence-electron chi connectivity index (χ2n) is 5.50. The summed E-state index contributed by atoms with van der Waals surface area (Å²) >= 11 is 0. The highest BCUT2D eigenvalue weighted by Crippen LogP contribution is 2.33. The van der Waals surface area contributed by atoms with Crippen LogP contribution < -0.4 is 10.1 Å². The van der Waals surface area contributed by atoms with Crippen molar-refractivity contribution < 1.29 is 9.84 Å². The number of ether oxygens (including phenoxy) is 1. The maximum absolute atomic E-state index is 10.1. The zero-order valence-corrected chi connectivity index (χ0v) is 12.8. The van der Waals surface area contributed by atoms with Crippen LogP contribution in [0.4, 0.5) is 5.69 Å². The number of hydrogen-bond acceptors (Lipinski definition) is 3.